The smallest absolute Gasteiger partial charge is 0.382 e. The molecule has 0 aromatic heterocycles. The Morgan fingerprint density at radius 3 is 2.17 bits per heavy atom. The topological polar surface area (TPSA) is 57.6 Å². The standard InChI is InChI=1S/C11H16F3NO3/c1-3-10(4-2)5-8(17)15(9(10)18)6-7(16)11(12,13)14/h7,16H,3-6H2,1-2H3/t7-/m0/s1. The summed E-state index contributed by atoms with van der Waals surface area (Å²) < 4.78 is 36.6. The lowest BCUT2D eigenvalue weighted by Gasteiger charge is -2.25. The fourth-order valence-electron chi connectivity index (χ4n) is 2.12. The minimum Gasteiger partial charge on any atom is -0.382 e. The van der Waals surface area contributed by atoms with E-state index < -0.39 is 36.1 Å². The Kier molecular flexibility index (Phi) is 4.05. The molecule has 1 heterocycles. The van der Waals surface area contributed by atoms with Crippen molar-refractivity contribution in [2.45, 2.75) is 45.4 Å². The third kappa shape index (κ3) is 2.50. The van der Waals surface area contributed by atoms with Gasteiger partial charge in [0, 0.05) is 6.42 Å². The van der Waals surface area contributed by atoms with Gasteiger partial charge in [0.1, 0.15) is 0 Å². The van der Waals surface area contributed by atoms with E-state index in [2.05, 4.69) is 0 Å². The number of hydrogen-bond acceptors (Lipinski definition) is 3. The highest BCUT2D eigenvalue weighted by Crippen LogP contribution is 2.39. The second-order valence-electron chi connectivity index (χ2n) is 4.53. The molecule has 0 radical (unpaired) electrons. The molecule has 1 N–H and O–H groups in total. The Bertz CT molecular complexity index is 350. The lowest BCUT2D eigenvalue weighted by atomic mass is 9.81. The van der Waals surface area contributed by atoms with Gasteiger partial charge in [-0.25, -0.2) is 0 Å². The summed E-state index contributed by atoms with van der Waals surface area (Å²) in [4.78, 5) is 24.1. The van der Waals surface area contributed by atoms with E-state index in [1.807, 2.05) is 0 Å². The summed E-state index contributed by atoms with van der Waals surface area (Å²) in [5.74, 6) is -1.26. The van der Waals surface area contributed by atoms with E-state index in [-0.39, 0.29) is 6.42 Å². The quantitative estimate of drug-likeness (QED) is 0.785. The molecular weight excluding hydrogens is 251 g/mol. The molecule has 1 aliphatic rings. The molecule has 0 saturated carbocycles. The third-order valence-corrected chi connectivity index (χ3v) is 3.58. The lowest BCUT2D eigenvalue weighted by Crippen LogP contribution is -2.45. The van der Waals surface area contributed by atoms with E-state index in [1.54, 1.807) is 13.8 Å². The van der Waals surface area contributed by atoms with Crippen LogP contribution in [0, 0.1) is 5.41 Å². The van der Waals surface area contributed by atoms with Gasteiger partial charge in [0.25, 0.3) is 0 Å². The highest BCUT2D eigenvalue weighted by atomic mass is 19.4. The number of aliphatic hydroxyl groups excluding tert-OH is 1. The van der Waals surface area contributed by atoms with Gasteiger partial charge in [0.05, 0.1) is 12.0 Å². The van der Waals surface area contributed by atoms with Crippen molar-refractivity contribution < 1.29 is 27.9 Å². The van der Waals surface area contributed by atoms with Crippen LogP contribution in [0.3, 0.4) is 0 Å². The summed E-state index contributed by atoms with van der Waals surface area (Å²) >= 11 is 0. The van der Waals surface area contributed by atoms with Crippen LogP contribution in [0.2, 0.25) is 0 Å². The summed E-state index contributed by atoms with van der Waals surface area (Å²) in [6.45, 7) is 2.43. The van der Waals surface area contributed by atoms with Crippen LogP contribution < -0.4 is 0 Å². The van der Waals surface area contributed by atoms with Crippen molar-refractivity contribution in [2.75, 3.05) is 6.54 Å². The van der Waals surface area contributed by atoms with Crippen LogP contribution in [0.4, 0.5) is 13.2 Å². The molecule has 104 valence electrons. The second kappa shape index (κ2) is 4.87. The van der Waals surface area contributed by atoms with Gasteiger partial charge >= 0.3 is 6.18 Å². The van der Waals surface area contributed by atoms with Crippen molar-refractivity contribution in [3.8, 4) is 0 Å². The van der Waals surface area contributed by atoms with Crippen LogP contribution in [0.15, 0.2) is 0 Å². The number of carbonyl (C=O) groups is 2. The minimum atomic E-state index is -4.83. The Morgan fingerprint density at radius 1 is 1.33 bits per heavy atom. The molecule has 1 atom stereocenters. The number of halogens is 3. The van der Waals surface area contributed by atoms with Crippen LogP contribution in [0.1, 0.15) is 33.1 Å². The Morgan fingerprint density at radius 2 is 1.83 bits per heavy atom. The second-order valence-corrected chi connectivity index (χ2v) is 4.53. The zero-order valence-corrected chi connectivity index (χ0v) is 10.3. The normalized spacial score (nSPS) is 21.6. The zero-order chi connectivity index (χ0) is 14.1. The van der Waals surface area contributed by atoms with Crippen LogP contribution in [0.25, 0.3) is 0 Å². The number of likely N-dealkylation sites (tertiary alicyclic amines) is 1. The first kappa shape index (κ1) is 14.9. The average molecular weight is 267 g/mol. The van der Waals surface area contributed by atoms with Crippen molar-refractivity contribution in [1.29, 1.82) is 0 Å². The molecule has 1 aliphatic heterocycles. The van der Waals surface area contributed by atoms with E-state index >= 15 is 0 Å². The summed E-state index contributed by atoms with van der Waals surface area (Å²) in [7, 11) is 0. The highest BCUT2D eigenvalue weighted by Gasteiger charge is 2.51. The van der Waals surface area contributed by atoms with E-state index in [4.69, 9.17) is 5.11 Å². The summed E-state index contributed by atoms with van der Waals surface area (Å²) in [5, 5.41) is 8.93. The van der Waals surface area contributed by atoms with Crippen molar-refractivity contribution >= 4 is 11.8 Å². The number of carbonyl (C=O) groups excluding carboxylic acids is 2. The number of rotatable bonds is 4. The maximum Gasteiger partial charge on any atom is 0.416 e. The molecule has 7 heteroatoms. The number of amides is 2. The molecule has 0 aromatic rings. The lowest BCUT2D eigenvalue weighted by molar-refractivity contribution is -0.208. The Balaban J connectivity index is 2.86. The first-order valence-corrected chi connectivity index (χ1v) is 5.77. The number of aliphatic hydroxyl groups is 1. The van der Waals surface area contributed by atoms with Gasteiger partial charge in [-0.2, -0.15) is 13.2 Å². The van der Waals surface area contributed by atoms with Gasteiger partial charge in [-0.05, 0) is 12.8 Å². The number of β-amino-alcohol motifs (C(OH)–C–C–N with tert-alkyl or cyclic N) is 1. The van der Waals surface area contributed by atoms with Crippen molar-refractivity contribution in [1.82, 2.24) is 4.90 Å². The molecule has 4 nitrogen and oxygen atoms in total. The molecule has 0 aliphatic carbocycles. The molecule has 1 saturated heterocycles. The van der Waals surface area contributed by atoms with Crippen molar-refractivity contribution in [3.05, 3.63) is 0 Å². The predicted molar refractivity (Wildman–Crippen MR) is 56.4 cm³/mol. The van der Waals surface area contributed by atoms with Crippen LogP contribution in [0.5, 0.6) is 0 Å². The van der Waals surface area contributed by atoms with Gasteiger partial charge in [-0.3, -0.25) is 14.5 Å². The fraction of sp³-hybridized carbons (Fsp3) is 0.818. The van der Waals surface area contributed by atoms with E-state index in [0.29, 0.717) is 17.7 Å². The Hall–Kier alpha value is -1.11. The molecule has 18 heavy (non-hydrogen) atoms. The van der Waals surface area contributed by atoms with Gasteiger partial charge in [0.15, 0.2) is 6.10 Å². The number of hydrogen-bond donors (Lipinski definition) is 1. The van der Waals surface area contributed by atoms with E-state index in [0.717, 1.165) is 0 Å². The highest BCUT2D eigenvalue weighted by molar-refractivity contribution is 6.05. The SMILES string of the molecule is CCC1(CC)CC(=O)N(C[C@H](O)C(F)(F)F)C1=O. The summed E-state index contributed by atoms with van der Waals surface area (Å²) in [5.41, 5.74) is -0.900. The zero-order valence-electron chi connectivity index (χ0n) is 10.3. The predicted octanol–water partition coefficient (Wildman–Crippen LogP) is 1.47. The summed E-state index contributed by atoms with van der Waals surface area (Å²) in [6.07, 6.45) is -6.80. The molecule has 0 aromatic carbocycles. The van der Waals surface area contributed by atoms with Gasteiger partial charge in [0.2, 0.25) is 11.8 Å². The minimum absolute atomic E-state index is 0.0799. The van der Waals surface area contributed by atoms with E-state index in [1.165, 1.54) is 0 Å². The van der Waals surface area contributed by atoms with Crippen LogP contribution in [-0.2, 0) is 9.59 Å². The number of imide groups is 1. The fourth-order valence-corrected chi connectivity index (χ4v) is 2.12. The van der Waals surface area contributed by atoms with Gasteiger partial charge in [-0.1, -0.05) is 13.8 Å². The van der Waals surface area contributed by atoms with Gasteiger partial charge in [-0.15, -0.1) is 0 Å². The third-order valence-electron chi connectivity index (χ3n) is 3.58. The number of alkyl halides is 3. The average Bonchev–Trinajstić information content (AvgIpc) is 2.52. The first-order chi connectivity index (χ1) is 8.18. The Labute approximate surface area is 103 Å². The monoisotopic (exact) mass is 267 g/mol. The van der Waals surface area contributed by atoms with Crippen LogP contribution in [-0.4, -0.2) is 40.6 Å². The molecule has 1 fully saturated rings. The molecule has 0 unspecified atom stereocenters. The maximum atomic E-state index is 12.2. The van der Waals surface area contributed by atoms with Crippen LogP contribution >= 0.6 is 0 Å². The largest absolute Gasteiger partial charge is 0.416 e. The van der Waals surface area contributed by atoms with Gasteiger partial charge < -0.3 is 5.11 Å². The summed E-state index contributed by atoms with van der Waals surface area (Å²) in [6, 6.07) is 0. The molecular formula is C11H16F3NO3. The molecule has 2 amide bonds. The number of nitrogens with zero attached hydrogens (tertiary/aromatic N) is 1. The molecule has 0 spiro atoms. The van der Waals surface area contributed by atoms with Crippen molar-refractivity contribution in [2.24, 2.45) is 5.41 Å². The van der Waals surface area contributed by atoms with Crippen molar-refractivity contribution in [3.63, 3.8) is 0 Å². The first-order valence-electron chi connectivity index (χ1n) is 5.77. The molecule has 1 rings (SSSR count). The molecule has 0 bridgehead atoms. The van der Waals surface area contributed by atoms with E-state index in [9.17, 15) is 22.8 Å². The maximum absolute atomic E-state index is 12.2.